The molecule has 3 aliphatic rings. The zero-order valence-electron chi connectivity index (χ0n) is 13.4. The second-order valence-corrected chi connectivity index (χ2v) is 7.59. The van der Waals surface area contributed by atoms with Gasteiger partial charge in [-0.1, -0.05) is 25.7 Å². The zero-order chi connectivity index (χ0) is 14.7. The normalized spacial score (nSPS) is 34.5. The number of likely N-dealkylation sites (tertiary alicyclic amines) is 1. The number of carbonyl (C=O) groups excluding carboxylic acids is 1. The van der Waals surface area contributed by atoms with Crippen molar-refractivity contribution in [1.29, 1.82) is 0 Å². The van der Waals surface area contributed by atoms with Crippen LogP contribution in [0.3, 0.4) is 0 Å². The monoisotopic (exact) mass is 292 g/mol. The second-order valence-electron chi connectivity index (χ2n) is 7.59. The summed E-state index contributed by atoms with van der Waals surface area (Å²) in [6, 6.07) is 0.579. The van der Waals surface area contributed by atoms with Gasteiger partial charge in [-0.05, 0) is 63.3 Å². The van der Waals surface area contributed by atoms with Crippen LogP contribution in [-0.4, -0.2) is 29.9 Å². The van der Waals surface area contributed by atoms with Crippen LogP contribution in [0.15, 0.2) is 0 Å². The molecule has 0 radical (unpaired) electrons. The molecule has 0 aromatic heterocycles. The molecule has 2 saturated carbocycles. The molecule has 3 heteroatoms. The number of amides is 1. The molecule has 3 unspecified atom stereocenters. The van der Waals surface area contributed by atoms with E-state index in [4.69, 9.17) is 5.73 Å². The van der Waals surface area contributed by atoms with Crippen LogP contribution in [0, 0.1) is 17.8 Å². The Kier molecular flexibility index (Phi) is 5.20. The van der Waals surface area contributed by atoms with E-state index in [0.29, 0.717) is 23.8 Å². The third-order valence-corrected chi connectivity index (χ3v) is 6.23. The van der Waals surface area contributed by atoms with Gasteiger partial charge in [-0.25, -0.2) is 0 Å². The first-order chi connectivity index (χ1) is 10.3. The molecule has 0 bridgehead atoms. The Hall–Kier alpha value is -0.570. The van der Waals surface area contributed by atoms with Gasteiger partial charge in [0.25, 0.3) is 0 Å². The lowest BCUT2D eigenvalue weighted by atomic mass is 9.79. The van der Waals surface area contributed by atoms with Gasteiger partial charge in [-0.3, -0.25) is 4.79 Å². The van der Waals surface area contributed by atoms with Gasteiger partial charge < -0.3 is 10.6 Å². The maximum absolute atomic E-state index is 13.0. The molecule has 0 aromatic rings. The van der Waals surface area contributed by atoms with Crippen LogP contribution < -0.4 is 5.73 Å². The maximum atomic E-state index is 13.0. The molecule has 3 nitrogen and oxygen atoms in total. The molecule has 120 valence electrons. The molecule has 1 aliphatic heterocycles. The molecule has 21 heavy (non-hydrogen) atoms. The van der Waals surface area contributed by atoms with Crippen molar-refractivity contribution in [2.75, 3.05) is 13.1 Å². The standard InChI is InChI=1S/C18H32N2O/c19-11-10-14-5-3-8-16(13-14)18(21)20-12-4-9-17(20)15-6-1-2-7-15/h14-17H,1-13,19H2. The minimum atomic E-state index is 0.303. The van der Waals surface area contributed by atoms with Crippen LogP contribution in [0.2, 0.25) is 0 Å². The lowest BCUT2D eigenvalue weighted by Gasteiger charge is -2.35. The minimum Gasteiger partial charge on any atom is -0.339 e. The number of rotatable bonds is 4. The molecule has 1 amide bonds. The summed E-state index contributed by atoms with van der Waals surface area (Å²) in [5, 5.41) is 0. The van der Waals surface area contributed by atoms with E-state index in [9.17, 15) is 4.79 Å². The summed E-state index contributed by atoms with van der Waals surface area (Å²) in [7, 11) is 0. The highest BCUT2D eigenvalue weighted by Crippen LogP contribution is 2.38. The number of carbonyl (C=O) groups is 1. The van der Waals surface area contributed by atoms with Gasteiger partial charge in [0.15, 0.2) is 0 Å². The predicted octanol–water partition coefficient (Wildman–Crippen LogP) is 3.32. The maximum Gasteiger partial charge on any atom is 0.225 e. The highest BCUT2D eigenvalue weighted by atomic mass is 16.2. The van der Waals surface area contributed by atoms with Gasteiger partial charge in [0.05, 0.1) is 0 Å². The van der Waals surface area contributed by atoms with Crippen LogP contribution >= 0.6 is 0 Å². The fraction of sp³-hybridized carbons (Fsp3) is 0.944. The van der Waals surface area contributed by atoms with E-state index >= 15 is 0 Å². The highest BCUT2D eigenvalue weighted by Gasteiger charge is 2.39. The van der Waals surface area contributed by atoms with E-state index in [1.165, 1.54) is 51.4 Å². The molecule has 2 N–H and O–H groups in total. The zero-order valence-corrected chi connectivity index (χ0v) is 13.4. The third-order valence-electron chi connectivity index (χ3n) is 6.23. The fourth-order valence-electron chi connectivity index (χ4n) is 5.15. The minimum absolute atomic E-state index is 0.303. The first kappa shape index (κ1) is 15.3. The average Bonchev–Trinajstić information content (AvgIpc) is 3.18. The largest absolute Gasteiger partial charge is 0.339 e. The first-order valence-corrected chi connectivity index (χ1v) is 9.30. The molecule has 3 rings (SSSR count). The smallest absolute Gasteiger partial charge is 0.225 e. The highest BCUT2D eigenvalue weighted by molar-refractivity contribution is 5.79. The molecule has 3 atom stereocenters. The van der Waals surface area contributed by atoms with Gasteiger partial charge in [-0.2, -0.15) is 0 Å². The molecule has 1 heterocycles. The van der Waals surface area contributed by atoms with Crippen LogP contribution in [0.25, 0.3) is 0 Å². The van der Waals surface area contributed by atoms with Crippen molar-refractivity contribution >= 4 is 5.91 Å². The van der Waals surface area contributed by atoms with E-state index < -0.39 is 0 Å². The Morgan fingerprint density at radius 2 is 1.81 bits per heavy atom. The fourth-order valence-corrected chi connectivity index (χ4v) is 5.15. The molecule has 0 aromatic carbocycles. The average molecular weight is 292 g/mol. The number of nitrogens with zero attached hydrogens (tertiary/aromatic N) is 1. The van der Waals surface area contributed by atoms with Crippen molar-refractivity contribution in [2.24, 2.45) is 23.5 Å². The summed E-state index contributed by atoms with van der Waals surface area (Å²) in [6.07, 6.45) is 13.8. The Morgan fingerprint density at radius 1 is 1.00 bits per heavy atom. The molecule has 3 fully saturated rings. The number of nitrogens with two attached hydrogens (primary N) is 1. The van der Waals surface area contributed by atoms with Gasteiger partial charge in [0, 0.05) is 18.5 Å². The first-order valence-electron chi connectivity index (χ1n) is 9.30. The van der Waals surface area contributed by atoms with Gasteiger partial charge in [-0.15, -0.1) is 0 Å². The van der Waals surface area contributed by atoms with Crippen molar-refractivity contribution in [3.8, 4) is 0 Å². The number of hydrogen-bond acceptors (Lipinski definition) is 2. The predicted molar refractivity (Wildman–Crippen MR) is 85.8 cm³/mol. The summed E-state index contributed by atoms with van der Waals surface area (Å²) in [6.45, 7) is 1.80. The van der Waals surface area contributed by atoms with E-state index in [-0.39, 0.29) is 0 Å². The summed E-state index contributed by atoms with van der Waals surface area (Å²) in [5.41, 5.74) is 5.71. The van der Waals surface area contributed by atoms with Gasteiger partial charge >= 0.3 is 0 Å². The molecular weight excluding hydrogens is 260 g/mol. The summed E-state index contributed by atoms with van der Waals surface area (Å²) < 4.78 is 0. The molecular formula is C18H32N2O. The van der Waals surface area contributed by atoms with Crippen LogP contribution in [0.5, 0.6) is 0 Å². The van der Waals surface area contributed by atoms with Crippen molar-refractivity contribution < 1.29 is 4.79 Å². The van der Waals surface area contributed by atoms with Crippen LogP contribution in [-0.2, 0) is 4.79 Å². The Morgan fingerprint density at radius 3 is 2.57 bits per heavy atom. The molecule has 0 spiro atoms. The van der Waals surface area contributed by atoms with Crippen LogP contribution in [0.1, 0.15) is 70.6 Å². The lowest BCUT2D eigenvalue weighted by molar-refractivity contribution is -0.139. The lowest BCUT2D eigenvalue weighted by Crippen LogP contribution is -2.43. The Labute approximate surface area is 129 Å². The van der Waals surface area contributed by atoms with E-state index in [1.807, 2.05) is 0 Å². The number of hydrogen-bond donors (Lipinski definition) is 1. The van der Waals surface area contributed by atoms with E-state index in [2.05, 4.69) is 4.90 Å². The van der Waals surface area contributed by atoms with Gasteiger partial charge in [0.2, 0.25) is 5.91 Å². The van der Waals surface area contributed by atoms with E-state index in [0.717, 1.165) is 38.3 Å². The summed E-state index contributed by atoms with van der Waals surface area (Å²) in [5.74, 6) is 2.30. The molecule has 1 saturated heterocycles. The van der Waals surface area contributed by atoms with Crippen molar-refractivity contribution in [3.05, 3.63) is 0 Å². The Balaban J connectivity index is 1.60. The molecule has 2 aliphatic carbocycles. The van der Waals surface area contributed by atoms with E-state index in [1.54, 1.807) is 0 Å². The van der Waals surface area contributed by atoms with Crippen molar-refractivity contribution in [1.82, 2.24) is 4.90 Å². The van der Waals surface area contributed by atoms with Crippen LogP contribution in [0.4, 0.5) is 0 Å². The summed E-state index contributed by atoms with van der Waals surface area (Å²) >= 11 is 0. The summed E-state index contributed by atoms with van der Waals surface area (Å²) in [4.78, 5) is 15.3. The van der Waals surface area contributed by atoms with Crippen molar-refractivity contribution in [2.45, 2.75) is 76.7 Å². The van der Waals surface area contributed by atoms with Crippen molar-refractivity contribution in [3.63, 3.8) is 0 Å². The topological polar surface area (TPSA) is 46.3 Å². The Bertz CT molecular complexity index is 349. The van der Waals surface area contributed by atoms with Gasteiger partial charge in [0.1, 0.15) is 0 Å². The quantitative estimate of drug-likeness (QED) is 0.864. The third kappa shape index (κ3) is 3.44. The second kappa shape index (κ2) is 7.13. The SMILES string of the molecule is NCCC1CCCC(C(=O)N2CCCC2C2CCCC2)C1.